The van der Waals surface area contributed by atoms with Crippen molar-refractivity contribution in [3.8, 4) is 0 Å². The van der Waals surface area contributed by atoms with Crippen LogP contribution in [0.1, 0.15) is 43.1 Å². The van der Waals surface area contributed by atoms with Crippen LogP contribution in [0, 0.1) is 3.57 Å². The van der Waals surface area contributed by atoms with Crippen LogP contribution >= 0.6 is 22.6 Å². The lowest BCUT2D eigenvalue weighted by Gasteiger charge is -2.35. The molecule has 1 aromatic heterocycles. The summed E-state index contributed by atoms with van der Waals surface area (Å²) in [5, 5.41) is 0. The van der Waals surface area contributed by atoms with Gasteiger partial charge in [0.2, 0.25) is 0 Å². The fourth-order valence-electron chi connectivity index (χ4n) is 3.57. The van der Waals surface area contributed by atoms with Crippen molar-refractivity contribution < 1.29 is 4.74 Å². The summed E-state index contributed by atoms with van der Waals surface area (Å²) in [5.41, 5.74) is 6.96. The molecule has 2 N–H and O–H groups in total. The van der Waals surface area contributed by atoms with Gasteiger partial charge in [0.25, 0.3) is 0 Å². The Morgan fingerprint density at radius 3 is 2.55 bits per heavy atom. The largest absolute Gasteiger partial charge is 0.383 e. The van der Waals surface area contributed by atoms with E-state index in [1.54, 1.807) is 7.11 Å². The van der Waals surface area contributed by atoms with Gasteiger partial charge in [-0.05, 0) is 55.3 Å². The molecule has 0 spiro atoms. The highest BCUT2D eigenvalue weighted by Crippen LogP contribution is 2.41. The maximum Gasteiger partial charge on any atom is 0.141 e. The molecule has 110 valence electrons. The van der Waals surface area contributed by atoms with Gasteiger partial charge in [-0.1, -0.05) is 0 Å². The van der Waals surface area contributed by atoms with Gasteiger partial charge in [0.15, 0.2) is 0 Å². The first kappa shape index (κ1) is 14.5. The van der Waals surface area contributed by atoms with E-state index in [9.17, 15) is 0 Å². The number of nitrogens with zero attached hydrogens (tertiary/aromatic N) is 3. The number of rotatable bonds is 3. The van der Waals surface area contributed by atoms with E-state index in [1.807, 2.05) is 0 Å². The minimum atomic E-state index is 0.443. The second kappa shape index (κ2) is 5.73. The van der Waals surface area contributed by atoms with E-state index in [2.05, 4.69) is 39.5 Å². The van der Waals surface area contributed by atoms with Crippen molar-refractivity contribution in [2.45, 2.75) is 50.3 Å². The number of hydrogen-bond donors (Lipinski definition) is 1. The van der Waals surface area contributed by atoms with Crippen molar-refractivity contribution in [2.75, 3.05) is 19.9 Å². The Bertz CT molecular complexity index is 496. The molecule has 6 heteroatoms. The minimum absolute atomic E-state index is 0.443. The molecule has 2 aliphatic heterocycles. The first-order chi connectivity index (χ1) is 9.60. The molecule has 0 amide bonds. The van der Waals surface area contributed by atoms with Crippen LogP contribution in [0.15, 0.2) is 0 Å². The zero-order valence-electron chi connectivity index (χ0n) is 12.0. The van der Waals surface area contributed by atoms with E-state index < -0.39 is 0 Å². The van der Waals surface area contributed by atoms with E-state index in [0.717, 1.165) is 27.9 Å². The van der Waals surface area contributed by atoms with Crippen molar-refractivity contribution in [3.05, 3.63) is 15.1 Å². The normalized spacial score (nSPS) is 29.9. The molecule has 2 saturated heterocycles. The van der Waals surface area contributed by atoms with Gasteiger partial charge in [-0.25, -0.2) is 9.97 Å². The molecular weight excluding hydrogens is 367 g/mol. The van der Waals surface area contributed by atoms with Crippen molar-refractivity contribution in [2.24, 2.45) is 0 Å². The van der Waals surface area contributed by atoms with Gasteiger partial charge in [0.1, 0.15) is 11.6 Å². The molecule has 2 bridgehead atoms. The van der Waals surface area contributed by atoms with E-state index >= 15 is 0 Å². The summed E-state index contributed by atoms with van der Waals surface area (Å²) in [5.74, 6) is 1.95. The number of hydrogen-bond acceptors (Lipinski definition) is 5. The van der Waals surface area contributed by atoms with Gasteiger partial charge >= 0.3 is 0 Å². The summed E-state index contributed by atoms with van der Waals surface area (Å²) in [4.78, 5) is 11.8. The Balaban J connectivity index is 1.87. The lowest BCUT2D eigenvalue weighted by Crippen LogP contribution is -2.39. The van der Waals surface area contributed by atoms with Crippen LogP contribution < -0.4 is 5.73 Å². The number of halogens is 1. The average molecular weight is 388 g/mol. The molecule has 0 saturated carbocycles. The van der Waals surface area contributed by atoms with Crippen LogP contribution in [0.4, 0.5) is 5.82 Å². The molecule has 0 aromatic carbocycles. The van der Waals surface area contributed by atoms with Crippen molar-refractivity contribution in [3.63, 3.8) is 0 Å². The van der Waals surface area contributed by atoms with E-state index in [-0.39, 0.29) is 0 Å². The Kier molecular flexibility index (Phi) is 4.14. The molecule has 0 radical (unpaired) electrons. The lowest BCUT2D eigenvalue weighted by atomic mass is 9.90. The second-order valence-electron chi connectivity index (χ2n) is 5.88. The highest BCUT2D eigenvalue weighted by molar-refractivity contribution is 14.1. The predicted octanol–water partition coefficient (Wildman–Crippen LogP) is 2.15. The minimum Gasteiger partial charge on any atom is -0.383 e. The quantitative estimate of drug-likeness (QED) is 0.804. The van der Waals surface area contributed by atoms with Crippen molar-refractivity contribution in [1.29, 1.82) is 0 Å². The average Bonchev–Trinajstić information content (AvgIpc) is 2.66. The van der Waals surface area contributed by atoms with Crippen LogP contribution in [-0.2, 0) is 11.3 Å². The standard InChI is InChI=1S/C14H21IN4O/c1-19-9-3-4-10(19)6-8(5-9)14-17-11(7-20-2)12(15)13(16)18-14/h8-10H,3-7H2,1-2H3,(H2,16,17,18). The zero-order chi connectivity index (χ0) is 14.3. The molecule has 3 heterocycles. The summed E-state index contributed by atoms with van der Waals surface area (Å²) in [6.45, 7) is 0.497. The number of nitrogen functional groups attached to an aromatic ring is 1. The first-order valence-corrected chi connectivity index (χ1v) is 8.20. The monoisotopic (exact) mass is 388 g/mol. The highest BCUT2D eigenvalue weighted by Gasteiger charge is 2.40. The predicted molar refractivity (Wildman–Crippen MR) is 86.4 cm³/mol. The SMILES string of the molecule is COCc1nc(C2CC3CCC(C2)N3C)nc(N)c1I. The van der Waals surface area contributed by atoms with Crippen LogP contribution in [0.3, 0.4) is 0 Å². The van der Waals surface area contributed by atoms with Crippen LogP contribution in [0.2, 0.25) is 0 Å². The Labute approximate surface area is 133 Å². The van der Waals surface area contributed by atoms with Gasteiger partial charge in [-0.3, -0.25) is 0 Å². The third-order valence-corrected chi connectivity index (χ3v) is 5.88. The van der Waals surface area contributed by atoms with Gasteiger partial charge in [0.05, 0.1) is 15.9 Å². The smallest absolute Gasteiger partial charge is 0.141 e. The number of piperidine rings is 1. The number of ether oxygens (including phenoxy) is 1. The summed E-state index contributed by atoms with van der Waals surface area (Å²) in [6, 6.07) is 1.38. The van der Waals surface area contributed by atoms with E-state index in [1.165, 1.54) is 12.8 Å². The summed E-state index contributed by atoms with van der Waals surface area (Å²) in [7, 11) is 3.93. The highest BCUT2D eigenvalue weighted by atomic mass is 127. The molecule has 2 aliphatic rings. The maximum absolute atomic E-state index is 6.05. The third-order valence-electron chi connectivity index (χ3n) is 4.71. The van der Waals surface area contributed by atoms with Gasteiger partial charge in [-0.2, -0.15) is 0 Å². The zero-order valence-corrected chi connectivity index (χ0v) is 14.1. The molecule has 0 aliphatic carbocycles. The van der Waals surface area contributed by atoms with Crippen molar-refractivity contribution in [1.82, 2.24) is 14.9 Å². The van der Waals surface area contributed by atoms with E-state index in [4.69, 9.17) is 15.5 Å². The summed E-state index contributed by atoms with van der Waals surface area (Å²) < 4.78 is 6.14. The third kappa shape index (κ3) is 2.53. The van der Waals surface area contributed by atoms with E-state index in [0.29, 0.717) is 30.4 Å². The second-order valence-corrected chi connectivity index (χ2v) is 6.96. The Hall–Kier alpha value is -0.470. The van der Waals surface area contributed by atoms with Crippen molar-refractivity contribution >= 4 is 28.4 Å². The molecule has 2 atom stereocenters. The van der Waals surface area contributed by atoms with Gasteiger partial charge < -0.3 is 15.4 Å². The molecular formula is C14H21IN4O. The number of nitrogens with two attached hydrogens (primary N) is 1. The Morgan fingerprint density at radius 1 is 1.30 bits per heavy atom. The van der Waals surface area contributed by atoms with Gasteiger partial charge in [0, 0.05) is 25.1 Å². The molecule has 2 fully saturated rings. The topological polar surface area (TPSA) is 64.3 Å². The number of anilines is 1. The Morgan fingerprint density at radius 2 is 1.95 bits per heavy atom. The van der Waals surface area contributed by atoms with Gasteiger partial charge in [-0.15, -0.1) is 0 Å². The maximum atomic E-state index is 6.05. The number of aromatic nitrogens is 2. The summed E-state index contributed by atoms with van der Waals surface area (Å²) >= 11 is 2.20. The molecule has 2 unspecified atom stereocenters. The molecule has 20 heavy (non-hydrogen) atoms. The lowest BCUT2D eigenvalue weighted by molar-refractivity contribution is 0.157. The number of methoxy groups -OCH3 is 1. The number of fused-ring (bicyclic) bond motifs is 2. The van der Waals surface area contributed by atoms with Crippen LogP contribution in [0.25, 0.3) is 0 Å². The molecule has 1 aromatic rings. The molecule has 5 nitrogen and oxygen atoms in total. The fourth-order valence-corrected chi connectivity index (χ4v) is 3.97. The van der Waals surface area contributed by atoms with Crippen LogP contribution in [0.5, 0.6) is 0 Å². The summed E-state index contributed by atoms with van der Waals surface area (Å²) in [6.07, 6.45) is 4.92. The fraction of sp³-hybridized carbons (Fsp3) is 0.714. The first-order valence-electron chi connectivity index (χ1n) is 7.12. The molecule has 3 rings (SSSR count). The van der Waals surface area contributed by atoms with Crippen LogP contribution in [-0.4, -0.2) is 41.1 Å².